The fourth-order valence-corrected chi connectivity index (χ4v) is 9.65. The maximum absolute atomic E-state index is 2.46. The summed E-state index contributed by atoms with van der Waals surface area (Å²) in [4.78, 5) is 2.46. The fraction of sp³-hybridized carbons (Fsp3) is 0.0526. The highest BCUT2D eigenvalue weighted by Gasteiger charge is 2.37. The highest BCUT2D eigenvalue weighted by molar-refractivity contribution is 6.09. The van der Waals surface area contributed by atoms with Crippen LogP contribution in [0, 0.1) is 0 Å². The molecule has 0 unspecified atom stereocenters. The predicted octanol–water partition coefficient (Wildman–Crippen LogP) is 15.6. The lowest BCUT2D eigenvalue weighted by Gasteiger charge is -2.30. The van der Waals surface area contributed by atoms with Crippen LogP contribution in [0.15, 0.2) is 218 Å². The third-order valence-electron chi connectivity index (χ3n) is 12.4. The lowest BCUT2D eigenvalue weighted by Crippen LogP contribution is -2.15. The van der Waals surface area contributed by atoms with Crippen molar-refractivity contribution < 1.29 is 0 Å². The van der Waals surface area contributed by atoms with E-state index in [0.717, 1.165) is 22.7 Å². The molecule has 59 heavy (non-hydrogen) atoms. The Kier molecular flexibility index (Phi) is 8.20. The molecule has 1 aliphatic carbocycles. The summed E-state index contributed by atoms with van der Waals surface area (Å²) in [6.07, 6.45) is 0. The van der Waals surface area contributed by atoms with E-state index in [1.807, 2.05) is 0 Å². The van der Waals surface area contributed by atoms with Gasteiger partial charge < -0.3 is 9.47 Å². The summed E-state index contributed by atoms with van der Waals surface area (Å²) in [5.41, 5.74) is 19.3. The van der Waals surface area contributed by atoms with Gasteiger partial charge in [-0.15, -0.1) is 0 Å². The molecule has 10 aromatic rings. The van der Waals surface area contributed by atoms with Gasteiger partial charge in [0.15, 0.2) is 0 Å². The van der Waals surface area contributed by atoms with Gasteiger partial charge in [-0.3, -0.25) is 0 Å². The summed E-state index contributed by atoms with van der Waals surface area (Å²) >= 11 is 0. The van der Waals surface area contributed by atoms with Gasteiger partial charge in [0.25, 0.3) is 0 Å². The van der Waals surface area contributed by atoms with Crippen LogP contribution in [0.4, 0.5) is 17.1 Å². The zero-order chi connectivity index (χ0) is 39.5. The molecule has 0 radical (unpaired) electrons. The first kappa shape index (κ1) is 34.8. The summed E-state index contributed by atoms with van der Waals surface area (Å²) < 4.78 is 2.39. The predicted molar refractivity (Wildman–Crippen MR) is 249 cm³/mol. The quantitative estimate of drug-likeness (QED) is 0.157. The van der Waals surface area contributed by atoms with Crippen molar-refractivity contribution in [2.24, 2.45) is 0 Å². The van der Waals surface area contributed by atoms with E-state index in [4.69, 9.17) is 0 Å². The molecule has 0 amide bonds. The van der Waals surface area contributed by atoms with Crippen molar-refractivity contribution in [3.05, 3.63) is 230 Å². The minimum atomic E-state index is -0.100. The second-order valence-electron chi connectivity index (χ2n) is 16.1. The molecule has 1 heterocycles. The molecule has 280 valence electrons. The number of fused-ring (bicyclic) bond motifs is 6. The Morgan fingerprint density at radius 1 is 0.373 bits per heavy atom. The van der Waals surface area contributed by atoms with Gasteiger partial charge in [0.05, 0.1) is 16.7 Å². The molecular weight excluding hydrogens is 713 g/mol. The van der Waals surface area contributed by atoms with Crippen LogP contribution in [-0.4, -0.2) is 4.57 Å². The number of hydrogen-bond acceptors (Lipinski definition) is 1. The third-order valence-corrected chi connectivity index (χ3v) is 12.4. The van der Waals surface area contributed by atoms with Crippen molar-refractivity contribution in [1.29, 1.82) is 0 Å². The molecule has 0 fully saturated rings. The van der Waals surface area contributed by atoms with Crippen molar-refractivity contribution in [1.82, 2.24) is 4.57 Å². The first-order valence-corrected chi connectivity index (χ1v) is 20.5. The SMILES string of the molecule is CC1(C)c2ccccc2-c2c(-c3ccccc3N(c3ccc(-n4c5ccccc5c5ccccc54)cc3)c3ccc(-c4ccccc4)c(-c4ccccc4)c3)cccc21. The van der Waals surface area contributed by atoms with E-state index in [-0.39, 0.29) is 5.41 Å². The summed E-state index contributed by atoms with van der Waals surface area (Å²) in [5, 5.41) is 2.52. The van der Waals surface area contributed by atoms with E-state index in [9.17, 15) is 0 Å². The number of para-hydroxylation sites is 3. The third kappa shape index (κ3) is 5.63. The molecule has 0 aliphatic heterocycles. The minimum absolute atomic E-state index is 0.100. The largest absolute Gasteiger partial charge is 0.310 e. The average molecular weight is 755 g/mol. The molecule has 2 nitrogen and oxygen atoms in total. The first-order chi connectivity index (χ1) is 29.1. The molecule has 0 atom stereocenters. The maximum atomic E-state index is 2.46. The molecule has 1 aliphatic rings. The number of aromatic nitrogens is 1. The van der Waals surface area contributed by atoms with Crippen LogP contribution in [0.3, 0.4) is 0 Å². The highest BCUT2D eigenvalue weighted by Crippen LogP contribution is 2.54. The Bertz CT molecular complexity index is 3120. The maximum Gasteiger partial charge on any atom is 0.0541 e. The smallest absolute Gasteiger partial charge is 0.0541 e. The average Bonchev–Trinajstić information content (AvgIpc) is 3.76. The summed E-state index contributed by atoms with van der Waals surface area (Å²) in [5.74, 6) is 0. The molecule has 2 heteroatoms. The van der Waals surface area contributed by atoms with Crippen LogP contribution < -0.4 is 4.90 Å². The molecule has 1 aromatic heterocycles. The lowest BCUT2D eigenvalue weighted by molar-refractivity contribution is 0.660. The fourth-order valence-electron chi connectivity index (χ4n) is 9.65. The number of anilines is 3. The van der Waals surface area contributed by atoms with Gasteiger partial charge in [0, 0.05) is 38.8 Å². The molecule has 0 spiro atoms. The van der Waals surface area contributed by atoms with Crippen molar-refractivity contribution in [2.75, 3.05) is 4.90 Å². The normalized spacial score (nSPS) is 12.7. The van der Waals surface area contributed by atoms with Crippen molar-refractivity contribution in [2.45, 2.75) is 19.3 Å². The van der Waals surface area contributed by atoms with Gasteiger partial charge in [-0.05, 0) is 105 Å². The van der Waals surface area contributed by atoms with Gasteiger partial charge in [-0.2, -0.15) is 0 Å². The molecular formula is C57H42N2. The summed E-state index contributed by atoms with van der Waals surface area (Å²) in [7, 11) is 0. The second-order valence-corrected chi connectivity index (χ2v) is 16.1. The topological polar surface area (TPSA) is 8.17 Å². The van der Waals surface area contributed by atoms with E-state index < -0.39 is 0 Å². The highest BCUT2D eigenvalue weighted by atomic mass is 15.1. The molecule has 0 saturated carbocycles. The van der Waals surface area contributed by atoms with Gasteiger partial charge in [-0.1, -0.05) is 178 Å². The summed E-state index contributed by atoms with van der Waals surface area (Å²) in [6, 6.07) is 79.8. The van der Waals surface area contributed by atoms with Crippen molar-refractivity contribution in [3.63, 3.8) is 0 Å². The first-order valence-electron chi connectivity index (χ1n) is 20.5. The van der Waals surface area contributed by atoms with Crippen LogP contribution in [-0.2, 0) is 5.41 Å². The van der Waals surface area contributed by atoms with Crippen LogP contribution in [0.1, 0.15) is 25.0 Å². The molecule has 0 N–H and O–H groups in total. The van der Waals surface area contributed by atoms with Gasteiger partial charge >= 0.3 is 0 Å². The number of benzene rings is 9. The molecule has 0 bridgehead atoms. The van der Waals surface area contributed by atoms with Gasteiger partial charge in [0.1, 0.15) is 0 Å². The second kappa shape index (κ2) is 13.9. The number of hydrogen-bond donors (Lipinski definition) is 0. The molecule has 0 saturated heterocycles. The zero-order valence-corrected chi connectivity index (χ0v) is 33.2. The van der Waals surface area contributed by atoms with Gasteiger partial charge in [0.2, 0.25) is 0 Å². The standard InChI is InChI=1S/C57H42N2/c1-57(2)51-27-13-9-25-49(51)56-48(26-17-28-52(56)57)47-24-12-14-29-53(47)58(43-36-37-44(39-18-5-3-6-19-39)50(38-43)40-20-7-4-8-21-40)41-32-34-42(35-33-41)59-54-30-15-10-22-45(54)46-23-11-16-31-55(46)59/h3-38H,1-2H3. The Morgan fingerprint density at radius 2 is 0.898 bits per heavy atom. The number of rotatable bonds is 7. The van der Waals surface area contributed by atoms with Crippen LogP contribution in [0.2, 0.25) is 0 Å². The molecule has 11 rings (SSSR count). The Morgan fingerprint density at radius 3 is 1.59 bits per heavy atom. The molecule has 9 aromatic carbocycles. The van der Waals surface area contributed by atoms with Crippen LogP contribution >= 0.6 is 0 Å². The van der Waals surface area contributed by atoms with E-state index in [1.54, 1.807) is 0 Å². The monoisotopic (exact) mass is 754 g/mol. The van der Waals surface area contributed by atoms with Gasteiger partial charge in [-0.25, -0.2) is 0 Å². The Balaban J connectivity index is 1.14. The van der Waals surface area contributed by atoms with Crippen LogP contribution in [0.25, 0.3) is 72.0 Å². The zero-order valence-electron chi connectivity index (χ0n) is 33.2. The number of nitrogens with zero attached hydrogens (tertiary/aromatic N) is 2. The van der Waals surface area contributed by atoms with E-state index in [2.05, 4.69) is 242 Å². The lowest BCUT2D eigenvalue weighted by atomic mass is 9.82. The van der Waals surface area contributed by atoms with E-state index >= 15 is 0 Å². The summed E-state index contributed by atoms with van der Waals surface area (Å²) in [6.45, 7) is 4.72. The Labute approximate surface area is 345 Å². The van der Waals surface area contributed by atoms with E-state index in [0.29, 0.717) is 0 Å². The van der Waals surface area contributed by atoms with Crippen molar-refractivity contribution >= 4 is 38.9 Å². The Hall–Kier alpha value is -7.42. The van der Waals surface area contributed by atoms with Crippen LogP contribution in [0.5, 0.6) is 0 Å². The minimum Gasteiger partial charge on any atom is -0.310 e. The van der Waals surface area contributed by atoms with Crippen molar-refractivity contribution in [3.8, 4) is 50.2 Å². The van der Waals surface area contributed by atoms with E-state index in [1.165, 1.54) is 77.4 Å².